The Morgan fingerprint density at radius 3 is 2.42 bits per heavy atom. The Balaban J connectivity index is 2.02. The van der Waals surface area contributed by atoms with E-state index in [9.17, 15) is 14.0 Å². The summed E-state index contributed by atoms with van der Waals surface area (Å²) in [6.45, 7) is 1.38. The Hall–Kier alpha value is -3.09. The third kappa shape index (κ3) is 4.95. The van der Waals surface area contributed by atoms with Crippen molar-refractivity contribution in [2.45, 2.75) is 13.5 Å². The molecule has 0 aromatic heterocycles. The molecular formula is C19H21FN2O4. The van der Waals surface area contributed by atoms with Crippen molar-refractivity contribution in [2.75, 3.05) is 25.7 Å². The Morgan fingerprint density at radius 2 is 1.81 bits per heavy atom. The van der Waals surface area contributed by atoms with Gasteiger partial charge >= 0.3 is 0 Å². The molecule has 0 radical (unpaired) electrons. The molecule has 0 atom stereocenters. The normalized spacial score (nSPS) is 10.2. The number of carbonyl (C=O) groups is 2. The van der Waals surface area contributed by atoms with Gasteiger partial charge in [0.1, 0.15) is 12.4 Å². The summed E-state index contributed by atoms with van der Waals surface area (Å²) in [5.74, 6) is -0.0311. The average Bonchev–Trinajstić information content (AvgIpc) is 2.63. The van der Waals surface area contributed by atoms with Gasteiger partial charge in [-0.05, 0) is 35.9 Å². The van der Waals surface area contributed by atoms with E-state index in [2.05, 4.69) is 5.32 Å². The van der Waals surface area contributed by atoms with Gasteiger partial charge in [-0.15, -0.1) is 0 Å². The number of methoxy groups -OCH3 is 2. The lowest BCUT2D eigenvalue weighted by Crippen LogP contribution is -2.39. The van der Waals surface area contributed by atoms with Crippen molar-refractivity contribution < 1.29 is 23.5 Å². The number of anilines is 1. The van der Waals surface area contributed by atoms with E-state index < -0.39 is 5.82 Å². The van der Waals surface area contributed by atoms with Crippen molar-refractivity contribution in [3.63, 3.8) is 0 Å². The minimum Gasteiger partial charge on any atom is -0.493 e. The lowest BCUT2D eigenvalue weighted by atomic mass is 10.2. The number of hydrogen-bond acceptors (Lipinski definition) is 4. The molecule has 0 fully saturated rings. The molecule has 2 rings (SSSR count). The molecule has 2 aromatic carbocycles. The maximum Gasteiger partial charge on any atom is 0.240 e. The second-order valence-electron chi connectivity index (χ2n) is 5.55. The molecule has 0 aliphatic rings. The Bertz CT molecular complexity index is 795. The maximum absolute atomic E-state index is 13.4. The molecule has 7 heteroatoms. The van der Waals surface area contributed by atoms with Crippen LogP contribution in [0.2, 0.25) is 0 Å². The second kappa shape index (κ2) is 8.84. The standard InChI is InChI=1S/C19H21FN2O4/c1-13(23)22(16-6-4-5-15(20)10-16)12-19(24)21-11-14-7-8-17(25-2)18(9-14)26-3/h4-10H,11-12H2,1-3H3,(H,21,24). The quantitative estimate of drug-likeness (QED) is 0.824. The minimum absolute atomic E-state index is 0.202. The largest absolute Gasteiger partial charge is 0.493 e. The van der Waals surface area contributed by atoms with E-state index in [1.165, 1.54) is 37.1 Å². The number of nitrogens with zero attached hydrogens (tertiary/aromatic N) is 1. The lowest BCUT2D eigenvalue weighted by molar-refractivity contribution is -0.123. The van der Waals surface area contributed by atoms with Crippen LogP contribution in [0, 0.1) is 5.82 Å². The highest BCUT2D eigenvalue weighted by atomic mass is 19.1. The molecule has 0 aliphatic heterocycles. The molecule has 0 saturated carbocycles. The van der Waals surface area contributed by atoms with Crippen LogP contribution < -0.4 is 19.7 Å². The number of carbonyl (C=O) groups excluding carboxylic acids is 2. The van der Waals surface area contributed by atoms with Crippen molar-refractivity contribution in [1.29, 1.82) is 0 Å². The van der Waals surface area contributed by atoms with Crippen LogP contribution in [0.15, 0.2) is 42.5 Å². The summed E-state index contributed by atoms with van der Waals surface area (Å²) in [5, 5.41) is 2.73. The highest BCUT2D eigenvalue weighted by Gasteiger charge is 2.16. The number of hydrogen-bond donors (Lipinski definition) is 1. The van der Waals surface area contributed by atoms with E-state index in [-0.39, 0.29) is 24.9 Å². The van der Waals surface area contributed by atoms with Gasteiger partial charge < -0.3 is 19.7 Å². The molecule has 2 aromatic rings. The summed E-state index contributed by atoms with van der Waals surface area (Å²) >= 11 is 0. The smallest absolute Gasteiger partial charge is 0.240 e. The van der Waals surface area contributed by atoms with Gasteiger partial charge in [0.25, 0.3) is 0 Å². The van der Waals surface area contributed by atoms with Crippen LogP contribution >= 0.6 is 0 Å². The first-order chi connectivity index (χ1) is 12.4. The van der Waals surface area contributed by atoms with Crippen LogP contribution in [-0.4, -0.2) is 32.6 Å². The van der Waals surface area contributed by atoms with Gasteiger partial charge in [0, 0.05) is 19.2 Å². The zero-order chi connectivity index (χ0) is 19.1. The van der Waals surface area contributed by atoms with Crippen molar-refractivity contribution >= 4 is 17.5 Å². The summed E-state index contributed by atoms with van der Waals surface area (Å²) < 4.78 is 23.8. The predicted molar refractivity (Wildman–Crippen MR) is 95.8 cm³/mol. The Kier molecular flexibility index (Phi) is 6.54. The molecular weight excluding hydrogens is 339 g/mol. The topological polar surface area (TPSA) is 67.9 Å². The molecule has 0 bridgehead atoms. The first-order valence-corrected chi connectivity index (χ1v) is 7.96. The van der Waals surface area contributed by atoms with E-state index in [1.54, 1.807) is 31.4 Å². The van der Waals surface area contributed by atoms with E-state index in [0.29, 0.717) is 17.2 Å². The number of nitrogens with one attached hydrogen (secondary N) is 1. The van der Waals surface area contributed by atoms with Gasteiger partial charge in [-0.25, -0.2) is 4.39 Å². The van der Waals surface area contributed by atoms with Crippen LogP contribution in [-0.2, 0) is 16.1 Å². The zero-order valence-corrected chi connectivity index (χ0v) is 14.9. The van der Waals surface area contributed by atoms with Gasteiger partial charge in [-0.3, -0.25) is 9.59 Å². The molecule has 1 N–H and O–H groups in total. The molecule has 138 valence electrons. The number of rotatable bonds is 7. The molecule has 6 nitrogen and oxygen atoms in total. The lowest BCUT2D eigenvalue weighted by Gasteiger charge is -2.20. The summed E-state index contributed by atoms with van der Waals surface area (Å²) in [4.78, 5) is 25.2. The van der Waals surface area contributed by atoms with Crippen molar-refractivity contribution in [2.24, 2.45) is 0 Å². The van der Waals surface area contributed by atoms with Crippen LogP contribution in [0.5, 0.6) is 11.5 Å². The highest BCUT2D eigenvalue weighted by Crippen LogP contribution is 2.27. The fraction of sp³-hybridized carbons (Fsp3) is 0.263. The third-order valence-corrected chi connectivity index (χ3v) is 3.74. The minimum atomic E-state index is -0.473. The maximum atomic E-state index is 13.4. The van der Waals surface area contributed by atoms with E-state index in [1.807, 2.05) is 0 Å². The summed E-state index contributed by atoms with van der Waals surface area (Å²) in [5.41, 5.74) is 1.15. The number of benzene rings is 2. The Labute approximate surface area is 151 Å². The van der Waals surface area contributed by atoms with Crippen LogP contribution in [0.4, 0.5) is 10.1 Å². The number of amides is 2. The van der Waals surface area contributed by atoms with Crippen molar-refractivity contribution in [3.05, 3.63) is 53.8 Å². The predicted octanol–water partition coefficient (Wildman–Crippen LogP) is 2.51. The third-order valence-electron chi connectivity index (χ3n) is 3.74. The summed E-state index contributed by atoms with van der Waals surface area (Å²) in [6, 6.07) is 10.9. The van der Waals surface area contributed by atoms with Crippen LogP contribution in [0.3, 0.4) is 0 Å². The van der Waals surface area contributed by atoms with E-state index in [4.69, 9.17) is 9.47 Å². The summed E-state index contributed by atoms with van der Waals surface area (Å²) in [7, 11) is 3.08. The monoisotopic (exact) mass is 360 g/mol. The van der Waals surface area contributed by atoms with Crippen molar-refractivity contribution in [3.8, 4) is 11.5 Å². The molecule has 0 saturated heterocycles. The fourth-order valence-electron chi connectivity index (χ4n) is 2.42. The average molecular weight is 360 g/mol. The SMILES string of the molecule is COc1ccc(CNC(=O)CN(C(C)=O)c2cccc(F)c2)cc1OC. The van der Waals surface area contributed by atoms with Crippen molar-refractivity contribution in [1.82, 2.24) is 5.32 Å². The Morgan fingerprint density at radius 1 is 1.08 bits per heavy atom. The first-order valence-electron chi connectivity index (χ1n) is 7.96. The fourth-order valence-corrected chi connectivity index (χ4v) is 2.42. The van der Waals surface area contributed by atoms with Gasteiger partial charge in [0.2, 0.25) is 11.8 Å². The molecule has 26 heavy (non-hydrogen) atoms. The molecule has 0 heterocycles. The van der Waals surface area contributed by atoms with Gasteiger partial charge in [0.05, 0.1) is 14.2 Å². The van der Waals surface area contributed by atoms with Crippen LogP contribution in [0.1, 0.15) is 12.5 Å². The number of halogens is 1. The van der Waals surface area contributed by atoms with E-state index >= 15 is 0 Å². The molecule has 2 amide bonds. The van der Waals surface area contributed by atoms with E-state index in [0.717, 1.165) is 5.56 Å². The molecule has 0 aliphatic carbocycles. The highest BCUT2D eigenvalue weighted by molar-refractivity contribution is 5.97. The number of ether oxygens (including phenoxy) is 2. The van der Waals surface area contributed by atoms with Crippen LogP contribution in [0.25, 0.3) is 0 Å². The zero-order valence-electron chi connectivity index (χ0n) is 14.9. The van der Waals surface area contributed by atoms with Gasteiger partial charge in [0.15, 0.2) is 11.5 Å². The summed E-state index contributed by atoms with van der Waals surface area (Å²) in [6.07, 6.45) is 0. The van der Waals surface area contributed by atoms with Gasteiger partial charge in [-0.2, -0.15) is 0 Å². The molecule has 0 unspecified atom stereocenters. The van der Waals surface area contributed by atoms with Gasteiger partial charge in [-0.1, -0.05) is 12.1 Å². The first kappa shape index (κ1) is 19.2. The molecule has 0 spiro atoms. The second-order valence-corrected chi connectivity index (χ2v) is 5.55.